The zero-order valence-electron chi connectivity index (χ0n) is 8.69. The molecule has 16 heavy (non-hydrogen) atoms. The van der Waals surface area contributed by atoms with Crippen LogP contribution in [0, 0.1) is 0 Å². The number of nitrogens with zero attached hydrogens (tertiary/aromatic N) is 1. The van der Waals surface area contributed by atoms with Gasteiger partial charge in [0.2, 0.25) is 0 Å². The first-order chi connectivity index (χ1) is 7.50. The van der Waals surface area contributed by atoms with E-state index in [0.29, 0.717) is 17.8 Å². The van der Waals surface area contributed by atoms with Crippen LogP contribution in [0.25, 0.3) is 0 Å². The van der Waals surface area contributed by atoms with Crippen molar-refractivity contribution in [1.82, 2.24) is 4.98 Å². The quantitative estimate of drug-likeness (QED) is 0.784. The summed E-state index contributed by atoms with van der Waals surface area (Å²) in [5, 5.41) is -0.336. The van der Waals surface area contributed by atoms with Crippen molar-refractivity contribution in [3.8, 4) is 0 Å². The van der Waals surface area contributed by atoms with E-state index in [1.807, 2.05) is 0 Å². The minimum absolute atomic E-state index is 0.179. The molecule has 0 amide bonds. The van der Waals surface area contributed by atoms with E-state index in [4.69, 9.17) is 17.3 Å². The summed E-state index contributed by atoms with van der Waals surface area (Å²) in [4.78, 5) is 4.05. The number of nitrogen functional groups attached to an aromatic ring is 1. The normalized spacial score (nSPS) is 24.2. The third kappa shape index (κ3) is 2.15. The van der Waals surface area contributed by atoms with Crippen molar-refractivity contribution in [2.45, 2.75) is 24.5 Å². The summed E-state index contributed by atoms with van der Waals surface area (Å²) in [6.45, 7) is 0. The standard InChI is InChI=1S/C10H13ClN2O2S/c11-10-7(12)4-5-8(13-10)9-3-1-2-6-16(9,14)15/h4-5,9H,1-3,6,12H2. The second-order valence-corrected chi connectivity index (χ2v) is 6.63. The molecule has 1 atom stereocenters. The molecule has 2 N–H and O–H groups in total. The fourth-order valence-corrected chi connectivity index (χ4v) is 4.00. The highest BCUT2D eigenvalue weighted by Gasteiger charge is 2.31. The van der Waals surface area contributed by atoms with Crippen LogP contribution in [-0.4, -0.2) is 19.2 Å². The van der Waals surface area contributed by atoms with Crippen LogP contribution in [0.4, 0.5) is 5.69 Å². The molecule has 0 aromatic carbocycles. The molecule has 2 heterocycles. The minimum atomic E-state index is -3.07. The molecular weight excluding hydrogens is 248 g/mol. The number of pyridine rings is 1. The molecule has 88 valence electrons. The Morgan fingerprint density at radius 2 is 2.12 bits per heavy atom. The molecule has 1 aliphatic rings. The maximum absolute atomic E-state index is 11.9. The molecule has 0 aliphatic carbocycles. The first kappa shape index (κ1) is 11.7. The zero-order valence-corrected chi connectivity index (χ0v) is 10.3. The van der Waals surface area contributed by atoms with Crippen LogP contribution in [0.15, 0.2) is 12.1 Å². The van der Waals surface area contributed by atoms with Gasteiger partial charge in [0, 0.05) is 0 Å². The van der Waals surface area contributed by atoms with E-state index in [-0.39, 0.29) is 10.9 Å². The first-order valence-corrected chi connectivity index (χ1v) is 7.23. The van der Waals surface area contributed by atoms with Gasteiger partial charge < -0.3 is 5.73 Å². The largest absolute Gasteiger partial charge is 0.396 e. The Labute approximate surface area is 99.7 Å². The molecule has 2 rings (SSSR count). The Morgan fingerprint density at radius 3 is 2.75 bits per heavy atom. The van der Waals surface area contributed by atoms with Crippen molar-refractivity contribution in [2.75, 3.05) is 11.5 Å². The van der Waals surface area contributed by atoms with Crippen molar-refractivity contribution in [3.63, 3.8) is 0 Å². The van der Waals surface area contributed by atoms with Gasteiger partial charge in [-0.15, -0.1) is 0 Å². The lowest BCUT2D eigenvalue weighted by atomic mass is 10.1. The topological polar surface area (TPSA) is 73.1 Å². The number of nitrogens with two attached hydrogens (primary N) is 1. The minimum Gasteiger partial charge on any atom is -0.396 e. The Morgan fingerprint density at radius 1 is 1.38 bits per heavy atom. The fourth-order valence-electron chi connectivity index (χ4n) is 1.93. The Hall–Kier alpha value is -0.810. The monoisotopic (exact) mass is 260 g/mol. The lowest BCUT2D eigenvalue weighted by Crippen LogP contribution is -2.22. The highest BCUT2D eigenvalue weighted by Crippen LogP contribution is 2.33. The second-order valence-electron chi connectivity index (χ2n) is 3.97. The maximum Gasteiger partial charge on any atom is 0.158 e. The molecule has 0 radical (unpaired) electrons. The molecule has 1 unspecified atom stereocenters. The second kappa shape index (κ2) is 4.22. The van der Waals surface area contributed by atoms with E-state index in [9.17, 15) is 8.42 Å². The molecule has 0 saturated carbocycles. The smallest absolute Gasteiger partial charge is 0.158 e. The Balaban J connectivity index is 2.39. The molecule has 1 aromatic rings. The van der Waals surface area contributed by atoms with Crippen LogP contribution in [0.2, 0.25) is 5.15 Å². The van der Waals surface area contributed by atoms with Crippen molar-refractivity contribution >= 4 is 27.1 Å². The van der Waals surface area contributed by atoms with Crippen molar-refractivity contribution < 1.29 is 8.42 Å². The van der Waals surface area contributed by atoms with Gasteiger partial charge in [0.05, 0.1) is 17.1 Å². The van der Waals surface area contributed by atoms with Gasteiger partial charge in [-0.25, -0.2) is 13.4 Å². The lowest BCUT2D eigenvalue weighted by molar-refractivity contribution is 0.543. The van der Waals surface area contributed by atoms with Crippen molar-refractivity contribution in [1.29, 1.82) is 0 Å². The van der Waals surface area contributed by atoms with Gasteiger partial charge in [-0.1, -0.05) is 18.0 Å². The van der Waals surface area contributed by atoms with E-state index in [1.54, 1.807) is 12.1 Å². The first-order valence-electron chi connectivity index (χ1n) is 5.14. The van der Waals surface area contributed by atoms with Gasteiger partial charge in [-0.3, -0.25) is 0 Å². The zero-order chi connectivity index (χ0) is 11.8. The van der Waals surface area contributed by atoms with Crippen LogP contribution in [0.5, 0.6) is 0 Å². The summed E-state index contributed by atoms with van der Waals surface area (Å²) >= 11 is 5.80. The van der Waals surface area contributed by atoms with Gasteiger partial charge in [0.15, 0.2) is 15.0 Å². The SMILES string of the molecule is Nc1ccc(C2CCCCS2(=O)=O)nc1Cl. The predicted octanol–water partition coefficient (Wildman–Crippen LogP) is 1.96. The summed E-state index contributed by atoms with van der Waals surface area (Å²) in [5.41, 5.74) is 6.43. The fraction of sp³-hybridized carbons (Fsp3) is 0.500. The van der Waals surface area contributed by atoms with Crippen LogP contribution < -0.4 is 5.73 Å². The number of sulfone groups is 1. The average Bonchev–Trinajstić information content (AvgIpc) is 2.22. The third-order valence-corrected chi connectivity index (χ3v) is 5.31. The van der Waals surface area contributed by atoms with E-state index < -0.39 is 15.1 Å². The van der Waals surface area contributed by atoms with Crippen LogP contribution in [0.3, 0.4) is 0 Å². The molecule has 0 bridgehead atoms. The van der Waals surface area contributed by atoms with Crippen LogP contribution in [-0.2, 0) is 9.84 Å². The summed E-state index contributed by atoms with van der Waals surface area (Å²) in [5.74, 6) is 0.237. The van der Waals surface area contributed by atoms with Gasteiger partial charge in [0.25, 0.3) is 0 Å². The molecule has 6 heteroatoms. The van der Waals surface area contributed by atoms with Gasteiger partial charge >= 0.3 is 0 Å². The molecule has 1 aliphatic heterocycles. The highest BCUT2D eigenvalue weighted by molar-refractivity contribution is 7.91. The van der Waals surface area contributed by atoms with E-state index in [2.05, 4.69) is 4.98 Å². The Kier molecular flexibility index (Phi) is 3.08. The van der Waals surface area contributed by atoms with Gasteiger partial charge in [-0.05, 0) is 25.0 Å². The van der Waals surface area contributed by atoms with E-state index >= 15 is 0 Å². The number of hydrogen-bond donors (Lipinski definition) is 1. The van der Waals surface area contributed by atoms with Crippen LogP contribution >= 0.6 is 11.6 Å². The van der Waals surface area contributed by atoms with Crippen LogP contribution in [0.1, 0.15) is 30.2 Å². The van der Waals surface area contributed by atoms with E-state index in [1.165, 1.54) is 0 Å². The average molecular weight is 261 g/mol. The van der Waals surface area contributed by atoms with Crippen molar-refractivity contribution in [3.05, 3.63) is 23.0 Å². The molecule has 4 nitrogen and oxygen atoms in total. The summed E-state index contributed by atoms with van der Waals surface area (Å²) in [6, 6.07) is 3.25. The van der Waals surface area contributed by atoms with E-state index in [0.717, 1.165) is 12.8 Å². The highest BCUT2D eigenvalue weighted by atomic mass is 35.5. The number of anilines is 1. The number of aromatic nitrogens is 1. The molecule has 0 spiro atoms. The molecule has 1 fully saturated rings. The third-order valence-electron chi connectivity index (χ3n) is 2.81. The number of hydrogen-bond acceptors (Lipinski definition) is 4. The van der Waals surface area contributed by atoms with Gasteiger partial charge in [0.1, 0.15) is 5.25 Å². The number of rotatable bonds is 1. The van der Waals surface area contributed by atoms with Crippen molar-refractivity contribution in [2.24, 2.45) is 0 Å². The number of halogens is 1. The molecular formula is C10H13ClN2O2S. The predicted molar refractivity (Wildman–Crippen MR) is 64.0 cm³/mol. The lowest BCUT2D eigenvalue weighted by Gasteiger charge is -2.21. The summed E-state index contributed by atoms with van der Waals surface area (Å²) < 4.78 is 23.7. The molecule has 1 saturated heterocycles. The van der Waals surface area contributed by atoms with Gasteiger partial charge in [-0.2, -0.15) is 0 Å². The Bertz CT molecular complexity index is 502. The summed E-state index contributed by atoms with van der Waals surface area (Å²) in [7, 11) is -3.07. The molecule has 1 aromatic heterocycles. The summed E-state index contributed by atoms with van der Waals surface area (Å²) in [6.07, 6.45) is 2.27. The maximum atomic E-state index is 11.9.